The van der Waals surface area contributed by atoms with Gasteiger partial charge in [0.25, 0.3) is 0 Å². The minimum absolute atomic E-state index is 0.313. The third-order valence-corrected chi connectivity index (χ3v) is 1.25. The van der Waals surface area contributed by atoms with Crippen molar-refractivity contribution in [3.8, 4) is 0 Å². The molecule has 14 heavy (non-hydrogen) atoms. The van der Waals surface area contributed by atoms with E-state index in [1.165, 1.54) is 0 Å². The topological polar surface area (TPSA) is 64.8 Å². The Bertz CT molecular complexity index is 177. The molecule has 0 atom stereocenters. The summed E-state index contributed by atoms with van der Waals surface area (Å²) in [6, 6.07) is 0. The highest BCUT2D eigenvalue weighted by molar-refractivity contribution is 5.66. The molecule has 0 unspecified atom stereocenters. The number of amides is 1. The van der Waals surface area contributed by atoms with Gasteiger partial charge in [0.1, 0.15) is 5.60 Å². The fourth-order valence-electron chi connectivity index (χ4n) is 0.749. The molecule has 0 bridgehead atoms. The lowest BCUT2D eigenvalue weighted by Crippen LogP contribution is -2.37. The first kappa shape index (κ1) is 13.2. The fourth-order valence-corrected chi connectivity index (χ4v) is 0.749. The summed E-state index contributed by atoms with van der Waals surface area (Å²) in [7, 11) is 0. The second-order valence-electron chi connectivity index (χ2n) is 3.80. The molecule has 5 heteroatoms. The Morgan fingerprint density at radius 2 is 2.00 bits per heavy atom. The van der Waals surface area contributed by atoms with E-state index < -0.39 is 11.7 Å². The highest BCUT2D eigenvalue weighted by Crippen LogP contribution is 2.09. The number of nitrogens with two attached hydrogens (primary N) is 1. The zero-order valence-corrected chi connectivity index (χ0v) is 9.37. The Labute approximate surface area is 85.1 Å². The zero-order chi connectivity index (χ0) is 11.2. The molecule has 2 N–H and O–H groups in total. The molecule has 0 aliphatic heterocycles. The Balaban J connectivity index is 4.04. The van der Waals surface area contributed by atoms with Crippen molar-refractivity contribution in [3.63, 3.8) is 0 Å². The smallest absolute Gasteiger partial charge is 0.434 e. The molecule has 0 aromatic heterocycles. The number of nitrogens with zero attached hydrogens (tertiary/aromatic N) is 1. The largest absolute Gasteiger partial charge is 0.442 e. The first-order chi connectivity index (χ1) is 6.40. The normalized spacial score (nSPS) is 11.2. The molecule has 0 aromatic carbocycles. The summed E-state index contributed by atoms with van der Waals surface area (Å²) in [5.74, 6) is 0. The van der Waals surface area contributed by atoms with Crippen LogP contribution in [0.25, 0.3) is 0 Å². The van der Waals surface area contributed by atoms with E-state index in [-0.39, 0.29) is 0 Å². The van der Waals surface area contributed by atoms with E-state index in [1.807, 2.05) is 20.8 Å². The Hall–Kier alpha value is -0.810. The van der Waals surface area contributed by atoms with Crippen LogP contribution in [0.1, 0.15) is 27.7 Å². The highest BCUT2D eigenvalue weighted by atomic mass is 16.7. The summed E-state index contributed by atoms with van der Waals surface area (Å²) < 4.78 is 5.11. The van der Waals surface area contributed by atoms with Crippen molar-refractivity contribution in [2.75, 3.05) is 19.7 Å². The lowest BCUT2D eigenvalue weighted by atomic mass is 10.2. The second kappa shape index (κ2) is 5.82. The number of rotatable bonds is 4. The van der Waals surface area contributed by atoms with E-state index in [0.29, 0.717) is 19.7 Å². The summed E-state index contributed by atoms with van der Waals surface area (Å²) >= 11 is 0. The van der Waals surface area contributed by atoms with E-state index in [1.54, 1.807) is 6.92 Å². The van der Waals surface area contributed by atoms with Gasteiger partial charge in [-0.3, -0.25) is 4.84 Å². The van der Waals surface area contributed by atoms with Crippen molar-refractivity contribution in [1.82, 2.24) is 5.06 Å². The van der Waals surface area contributed by atoms with Crippen molar-refractivity contribution >= 4 is 6.09 Å². The van der Waals surface area contributed by atoms with Gasteiger partial charge in [0.15, 0.2) is 0 Å². The van der Waals surface area contributed by atoms with Crippen LogP contribution in [0.3, 0.4) is 0 Å². The van der Waals surface area contributed by atoms with Crippen LogP contribution in [0.5, 0.6) is 0 Å². The third-order valence-electron chi connectivity index (χ3n) is 1.25. The molecule has 0 saturated carbocycles. The van der Waals surface area contributed by atoms with Gasteiger partial charge in [-0.15, -0.1) is 0 Å². The van der Waals surface area contributed by atoms with Gasteiger partial charge in [0.2, 0.25) is 0 Å². The minimum atomic E-state index is -0.503. The number of carbonyl (C=O) groups excluding carboxylic acids is 1. The monoisotopic (exact) mass is 204 g/mol. The van der Waals surface area contributed by atoms with Crippen LogP contribution in [-0.2, 0) is 9.57 Å². The molecule has 0 spiro atoms. The van der Waals surface area contributed by atoms with Crippen molar-refractivity contribution < 1.29 is 14.4 Å². The average molecular weight is 204 g/mol. The van der Waals surface area contributed by atoms with Crippen LogP contribution in [0.15, 0.2) is 0 Å². The van der Waals surface area contributed by atoms with E-state index >= 15 is 0 Å². The molecule has 0 aliphatic carbocycles. The van der Waals surface area contributed by atoms with Crippen molar-refractivity contribution in [3.05, 3.63) is 0 Å². The summed E-state index contributed by atoms with van der Waals surface area (Å²) in [4.78, 5) is 16.5. The Morgan fingerprint density at radius 1 is 1.43 bits per heavy atom. The van der Waals surface area contributed by atoms with Gasteiger partial charge < -0.3 is 10.5 Å². The molecular formula is C9H20N2O3. The molecule has 0 rings (SSSR count). The summed E-state index contributed by atoms with van der Waals surface area (Å²) in [5, 5.41) is 1.16. The molecule has 0 fully saturated rings. The fraction of sp³-hybridized carbons (Fsp3) is 0.889. The molecule has 0 heterocycles. The first-order valence-electron chi connectivity index (χ1n) is 4.74. The first-order valence-corrected chi connectivity index (χ1v) is 4.74. The Kier molecular flexibility index (Phi) is 5.49. The standard InChI is InChI=1S/C9H20N2O3/c1-5-11(13-7-6-10)8(12)14-9(2,3)4/h5-7,10H2,1-4H3. The van der Waals surface area contributed by atoms with Crippen molar-refractivity contribution in [1.29, 1.82) is 0 Å². The molecule has 0 radical (unpaired) electrons. The van der Waals surface area contributed by atoms with Gasteiger partial charge in [0, 0.05) is 13.1 Å². The molecule has 0 saturated heterocycles. The van der Waals surface area contributed by atoms with Gasteiger partial charge in [-0.05, 0) is 27.7 Å². The number of hydrogen-bond acceptors (Lipinski definition) is 4. The van der Waals surface area contributed by atoms with Crippen LogP contribution < -0.4 is 5.73 Å². The SMILES string of the molecule is CCN(OCCN)C(=O)OC(C)(C)C. The van der Waals surface area contributed by atoms with Crippen molar-refractivity contribution in [2.24, 2.45) is 5.73 Å². The van der Waals surface area contributed by atoms with E-state index in [2.05, 4.69) is 0 Å². The summed E-state index contributed by atoms with van der Waals surface area (Å²) in [5.41, 5.74) is 4.75. The van der Waals surface area contributed by atoms with Gasteiger partial charge >= 0.3 is 6.09 Å². The third kappa shape index (κ3) is 5.77. The van der Waals surface area contributed by atoms with Crippen LogP contribution in [0, 0.1) is 0 Å². The zero-order valence-electron chi connectivity index (χ0n) is 9.37. The van der Waals surface area contributed by atoms with Crippen LogP contribution in [0.2, 0.25) is 0 Å². The molecular weight excluding hydrogens is 184 g/mol. The van der Waals surface area contributed by atoms with E-state index in [9.17, 15) is 4.79 Å². The van der Waals surface area contributed by atoms with Gasteiger partial charge in [0.05, 0.1) is 6.61 Å². The number of hydrogen-bond donors (Lipinski definition) is 1. The lowest BCUT2D eigenvalue weighted by molar-refractivity contribution is -0.141. The van der Waals surface area contributed by atoms with Crippen LogP contribution in [-0.4, -0.2) is 36.5 Å². The minimum Gasteiger partial charge on any atom is -0.442 e. The molecule has 84 valence electrons. The Morgan fingerprint density at radius 3 is 2.36 bits per heavy atom. The van der Waals surface area contributed by atoms with Crippen molar-refractivity contribution in [2.45, 2.75) is 33.3 Å². The highest BCUT2D eigenvalue weighted by Gasteiger charge is 2.21. The summed E-state index contributed by atoms with van der Waals surface area (Å²) in [6.45, 7) is 8.35. The van der Waals surface area contributed by atoms with Gasteiger partial charge in [-0.2, -0.15) is 5.06 Å². The molecule has 0 aliphatic rings. The number of hydroxylamine groups is 2. The predicted molar refractivity (Wildman–Crippen MR) is 53.6 cm³/mol. The maximum absolute atomic E-state index is 11.4. The van der Waals surface area contributed by atoms with E-state index in [0.717, 1.165) is 5.06 Å². The number of ether oxygens (including phenoxy) is 1. The lowest BCUT2D eigenvalue weighted by Gasteiger charge is -2.25. The van der Waals surface area contributed by atoms with E-state index in [4.69, 9.17) is 15.3 Å². The maximum Gasteiger partial charge on any atom is 0.434 e. The molecule has 0 aromatic rings. The second-order valence-corrected chi connectivity index (χ2v) is 3.80. The van der Waals surface area contributed by atoms with Gasteiger partial charge in [-0.1, -0.05) is 0 Å². The number of carbonyl (C=O) groups is 1. The summed E-state index contributed by atoms with van der Waals surface area (Å²) in [6.07, 6.45) is -0.478. The quantitative estimate of drug-likeness (QED) is 0.697. The maximum atomic E-state index is 11.4. The van der Waals surface area contributed by atoms with Gasteiger partial charge in [-0.25, -0.2) is 4.79 Å². The average Bonchev–Trinajstić information content (AvgIpc) is 2.02. The molecule has 1 amide bonds. The predicted octanol–water partition coefficient (Wildman–Crippen LogP) is 1.13. The molecule has 5 nitrogen and oxygen atoms in total. The van der Waals surface area contributed by atoms with Crippen LogP contribution >= 0.6 is 0 Å². The van der Waals surface area contributed by atoms with Crippen LogP contribution in [0.4, 0.5) is 4.79 Å².